The van der Waals surface area contributed by atoms with Crippen LogP contribution in [0.1, 0.15) is 25.7 Å². The molecular formula is C17H24N4O2. The molecule has 1 aromatic rings. The van der Waals surface area contributed by atoms with E-state index in [-0.39, 0.29) is 12.0 Å². The average molecular weight is 316 g/mol. The predicted molar refractivity (Wildman–Crippen MR) is 85.9 cm³/mol. The number of fused-ring (bicyclic) bond motifs is 1. The molecular weight excluding hydrogens is 292 g/mol. The van der Waals surface area contributed by atoms with Crippen LogP contribution in [0.25, 0.3) is 0 Å². The second-order valence-corrected chi connectivity index (χ2v) is 7.03. The number of nitrogens with zero attached hydrogens (tertiary/aromatic N) is 3. The lowest BCUT2D eigenvalue weighted by molar-refractivity contribution is -0.123. The highest BCUT2D eigenvalue weighted by molar-refractivity contribution is 5.76. The Hall–Kier alpha value is -1.69. The second kappa shape index (κ2) is 6.43. The van der Waals surface area contributed by atoms with Gasteiger partial charge in [0.15, 0.2) is 0 Å². The van der Waals surface area contributed by atoms with Crippen LogP contribution in [0.5, 0.6) is 0 Å². The lowest BCUT2D eigenvalue weighted by Crippen LogP contribution is -2.43. The van der Waals surface area contributed by atoms with E-state index >= 15 is 0 Å². The molecule has 1 aromatic heterocycles. The van der Waals surface area contributed by atoms with Crippen molar-refractivity contribution >= 4 is 11.9 Å². The summed E-state index contributed by atoms with van der Waals surface area (Å²) >= 11 is 0. The van der Waals surface area contributed by atoms with Crippen molar-refractivity contribution in [2.75, 3.05) is 31.1 Å². The molecule has 124 valence electrons. The van der Waals surface area contributed by atoms with E-state index in [9.17, 15) is 4.79 Å². The minimum absolute atomic E-state index is 0.0815. The van der Waals surface area contributed by atoms with Crippen LogP contribution in [-0.4, -0.2) is 48.2 Å². The van der Waals surface area contributed by atoms with Crippen LogP contribution >= 0.6 is 0 Å². The van der Waals surface area contributed by atoms with Gasteiger partial charge in [-0.25, -0.2) is 9.97 Å². The largest absolute Gasteiger partial charge is 0.377 e. The molecule has 1 saturated carbocycles. The molecule has 2 aliphatic heterocycles. The summed E-state index contributed by atoms with van der Waals surface area (Å²) in [5.41, 5.74) is 0. The molecule has 3 fully saturated rings. The Morgan fingerprint density at radius 3 is 2.91 bits per heavy atom. The van der Waals surface area contributed by atoms with Crippen molar-refractivity contribution in [2.24, 2.45) is 17.8 Å². The standard InChI is InChI=1S/C17H24N4O2/c22-16(20-9-12-2-3-12)8-15-14-4-7-21(10-13(14)11-23-15)17-18-5-1-6-19-17/h1,5-6,12-15H,2-4,7-11H2,(H,20,22)/t13-,14-,15-/m1/s1. The number of ether oxygens (including phenoxy) is 1. The first-order valence-corrected chi connectivity index (χ1v) is 8.70. The van der Waals surface area contributed by atoms with E-state index in [1.54, 1.807) is 12.4 Å². The average Bonchev–Trinajstić information content (AvgIpc) is 3.35. The fourth-order valence-electron chi connectivity index (χ4n) is 3.77. The molecule has 23 heavy (non-hydrogen) atoms. The molecule has 2 saturated heterocycles. The number of carbonyl (C=O) groups is 1. The summed E-state index contributed by atoms with van der Waals surface area (Å²) in [6, 6.07) is 1.84. The number of nitrogens with one attached hydrogen (secondary N) is 1. The summed E-state index contributed by atoms with van der Waals surface area (Å²) in [6.45, 7) is 3.46. The number of rotatable bonds is 5. The van der Waals surface area contributed by atoms with Gasteiger partial charge in [0, 0.05) is 37.9 Å². The molecule has 0 unspecified atom stereocenters. The number of piperidine rings is 1. The van der Waals surface area contributed by atoms with Crippen molar-refractivity contribution in [1.29, 1.82) is 0 Å². The monoisotopic (exact) mass is 316 g/mol. The van der Waals surface area contributed by atoms with Gasteiger partial charge in [-0.3, -0.25) is 4.79 Å². The molecule has 4 rings (SSSR count). The van der Waals surface area contributed by atoms with E-state index in [0.29, 0.717) is 18.3 Å². The molecule has 6 heteroatoms. The van der Waals surface area contributed by atoms with Crippen LogP contribution < -0.4 is 10.2 Å². The molecule has 0 radical (unpaired) electrons. The smallest absolute Gasteiger partial charge is 0.225 e. The van der Waals surface area contributed by atoms with E-state index in [1.807, 2.05) is 6.07 Å². The van der Waals surface area contributed by atoms with Crippen molar-refractivity contribution < 1.29 is 9.53 Å². The SMILES string of the molecule is O=C(C[C@H]1OC[C@H]2CN(c3ncccn3)CC[C@H]21)NCC1CC1. The van der Waals surface area contributed by atoms with Gasteiger partial charge in [-0.05, 0) is 37.2 Å². The van der Waals surface area contributed by atoms with Gasteiger partial charge >= 0.3 is 0 Å². The van der Waals surface area contributed by atoms with Crippen molar-refractivity contribution in [1.82, 2.24) is 15.3 Å². The molecule has 3 heterocycles. The van der Waals surface area contributed by atoms with Gasteiger partial charge < -0.3 is 15.0 Å². The quantitative estimate of drug-likeness (QED) is 0.885. The zero-order valence-corrected chi connectivity index (χ0v) is 13.4. The number of aromatic nitrogens is 2. The first kappa shape index (κ1) is 14.9. The van der Waals surface area contributed by atoms with Gasteiger partial charge in [-0.1, -0.05) is 0 Å². The number of hydrogen-bond acceptors (Lipinski definition) is 5. The number of amides is 1. The molecule has 1 N–H and O–H groups in total. The third-order valence-electron chi connectivity index (χ3n) is 5.30. The van der Waals surface area contributed by atoms with Crippen molar-refractivity contribution in [3.63, 3.8) is 0 Å². The Morgan fingerprint density at radius 2 is 2.13 bits per heavy atom. The number of carbonyl (C=O) groups excluding carboxylic acids is 1. The zero-order chi connectivity index (χ0) is 15.6. The van der Waals surface area contributed by atoms with E-state index < -0.39 is 0 Å². The number of hydrogen-bond donors (Lipinski definition) is 1. The Kier molecular flexibility index (Phi) is 4.16. The summed E-state index contributed by atoms with van der Waals surface area (Å²) in [7, 11) is 0. The molecule has 0 bridgehead atoms. The topological polar surface area (TPSA) is 67.3 Å². The van der Waals surface area contributed by atoms with E-state index in [2.05, 4.69) is 20.2 Å². The van der Waals surface area contributed by atoms with E-state index in [4.69, 9.17) is 4.74 Å². The fraction of sp³-hybridized carbons (Fsp3) is 0.706. The van der Waals surface area contributed by atoms with Crippen LogP contribution in [0.2, 0.25) is 0 Å². The van der Waals surface area contributed by atoms with Gasteiger partial charge in [0.1, 0.15) is 0 Å². The Morgan fingerprint density at radius 1 is 1.30 bits per heavy atom. The highest BCUT2D eigenvalue weighted by Gasteiger charge is 2.42. The van der Waals surface area contributed by atoms with Crippen LogP contribution in [0.4, 0.5) is 5.95 Å². The molecule has 6 nitrogen and oxygen atoms in total. The number of anilines is 1. The van der Waals surface area contributed by atoms with Crippen LogP contribution in [0.15, 0.2) is 18.5 Å². The van der Waals surface area contributed by atoms with Crippen LogP contribution in [0.3, 0.4) is 0 Å². The van der Waals surface area contributed by atoms with Gasteiger partial charge in [-0.2, -0.15) is 0 Å². The molecule has 0 spiro atoms. The maximum absolute atomic E-state index is 12.1. The minimum Gasteiger partial charge on any atom is -0.377 e. The summed E-state index contributed by atoms with van der Waals surface area (Å²) in [5, 5.41) is 3.05. The summed E-state index contributed by atoms with van der Waals surface area (Å²) in [5.74, 6) is 2.65. The molecule has 3 aliphatic rings. The summed E-state index contributed by atoms with van der Waals surface area (Å²) in [6.07, 6.45) is 7.74. The first-order valence-electron chi connectivity index (χ1n) is 8.70. The lowest BCUT2D eigenvalue weighted by atomic mass is 9.83. The highest BCUT2D eigenvalue weighted by atomic mass is 16.5. The predicted octanol–water partition coefficient (Wildman–Crippen LogP) is 1.23. The third-order valence-corrected chi connectivity index (χ3v) is 5.30. The maximum Gasteiger partial charge on any atom is 0.225 e. The second-order valence-electron chi connectivity index (χ2n) is 7.03. The van der Waals surface area contributed by atoms with Gasteiger partial charge in [-0.15, -0.1) is 0 Å². The van der Waals surface area contributed by atoms with Crippen LogP contribution in [-0.2, 0) is 9.53 Å². The van der Waals surface area contributed by atoms with Crippen LogP contribution in [0, 0.1) is 17.8 Å². The minimum atomic E-state index is 0.0815. The van der Waals surface area contributed by atoms with E-state index in [1.165, 1.54) is 12.8 Å². The normalized spacial score (nSPS) is 30.1. The maximum atomic E-state index is 12.1. The Labute approximate surface area is 136 Å². The van der Waals surface area contributed by atoms with E-state index in [0.717, 1.165) is 44.5 Å². The Balaban J connectivity index is 1.30. The van der Waals surface area contributed by atoms with Gasteiger partial charge in [0.05, 0.1) is 19.1 Å². The first-order chi connectivity index (χ1) is 11.3. The van der Waals surface area contributed by atoms with Crippen molar-refractivity contribution in [3.05, 3.63) is 18.5 Å². The molecule has 3 atom stereocenters. The zero-order valence-electron chi connectivity index (χ0n) is 13.4. The highest BCUT2D eigenvalue weighted by Crippen LogP contribution is 2.36. The summed E-state index contributed by atoms with van der Waals surface area (Å²) < 4.78 is 5.95. The Bertz CT molecular complexity index is 549. The van der Waals surface area contributed by atoms with Crippen molar-refractivity contribution in [3.8, 4) is 0 Å². The molecule has 0 aromatic carbocycles. The lowest BCUT2D eigenvalue weighted by Gasteiger charge is -2.35. The molecule has 1 amide bonds. The van der Waals surface area contributed by atoms with Gasteiger partial charge in [0.25, 0.3) is 0 Å². The fourth-order valence-corrected chi connectivity index (χ4v) is 3.77. The van der Waals surface area contributed by atoms with Crippen molar-refractivity contribution in [2.45, 2.75) is 31.8 Å². The van der Waals surface area contributed by atoms with Gasteiger partial charge in [0.2, 0.25) is 11.9 Å². The molecule has 1 aliphatic carbocycles. The third kappa shape index (κ3) is 3.47. The summed E-state index contributed by atoms with van der Waals surface area (Å²) in [4.78, 5) is 23.0.